The Kier molecular flexibility index (Phi) is 7.38. The summed E-state index contributed by atoms with van der Waals surface area (Å²) in [4.78, 5) is 28.3. The minimum absolute atomic E-state index is 0.375. The van der Waals surface area contributed by atoms with Gasteiger partial charge in [0, 0.05) is 31.9 Å². The van der Waals surface area contributed by atoms with E-state index in [0.29, 0.717) is 6.42 Å². The van der Waals surface area contributed by atoms with E-state index in [0.717, 1.165) is 31.8 Å². The van der Waals surface area contributed by atoms with Crippen molar-refractivity contribution >= 4 is 12.1 Å². The first kappa shape index (κ1) is 20.1. The van der Waals surface area contributed by atoms with Crippen LogP contribution in [0.1, 0.15) is 47.0 Å². The standard InChI is InChI=1S/C17H31N3O4/c1-7-8-9-20-12-19(5)11-13(20)10-14(15(21)23-6)18-16(22)24-17(2,3)4/h11,14H,7-10,12H2,1-6H3,(H,18,22)/t14-/m0/s1. The van der Waals surface area contributed by atoms with Crippen molar-refractivity contribution in [1.82, 2.24) is 15.1 Å². The van der Waals surface area contributed by atoms with E-state index < -0.39 is 23.7 Å². The fourth-order valence-electron chi connectivity index (χ4n) is 2.48. The van der Waals surface area contributed by atoms with Gasteiger partial charge in [-0.1, -0.05) is 13.3 Å². The molecule has 0 saturated carbocycles. The summed E-state index contributed by atoms with van der Waals surface area (Å²) in [6.07, 6.45) is 3.94. The average Bonchev–Trinajstić information content (AvgIpc) is 2.81. The van der Waals surface area contributed by atoms with Gasteiger partial charge in [0.15, 0.2) is 0 Å². The quantitative estimate of drug-likeness (QED) is 0.717. The molecule has 0 aliphatic carbocycles. The van der Waals surface area contributed by atoms with Gasteiger partial charge in [-0.25, -0.2) is 9.59 Å². The SMILES string of the molecule is CCCCN1CN(C)C=C1C[C@H](NC(=O)OC(C)(C)C)C(=O)OC. The van der Waals surface area contributed by atoms with E-state index in [9.17, 15) is 9.59 Å². The lowest BCUT2D eigenvalue weighted by Gasteiger charge is -2.26. The molecule has 0 aromatic heterocycles. The van der Waals surface area contributed by atoms with Crippen LogP contribution in [0.2, 0.25) is 0 Å². The molecular formula is C17H31N3O4. The molecular weight excluding hydrogens is 310 g/mol. The summed E-state index contributed by atoms with van der Waals surface area (Å²) in [6.45, 7) is 9.19. The van der Waals surface area contributed by atoms with Crippen molar-refractivity contribution in [3.8, 4) is 0 Å². The number of nitrogens with zero attached hydrogens (tertiary/aromatic N) is 2. The summed E-state index contributed by atoms with van der Waals surface area (Å²) < 4.78 is 10.1. The number of carbonyl (C=O) groups is 2. The van der Waals surface area contributed by atoms with E-state index in [-0.39, 0.29) is 0 Å². The van der Waals surface area contributed by atoms with Crippen molar-refractivity contribution in [3.63, 3.8) is 0 Å². The summed E-state index contributed by atoms with van der Waals surface area (Å²) in [6, 6.07) is -0.772. The summed E-state index contributed by atoms with van der Waals surface area (Å²) in [7, 11) is 3.30. The number of carbonyl (C=O) groups excluding carboxylic acids is 2. The maximum absolute atomic E-state index is 12.1. The van der Waals surface area contributed by atoms with Crippen LogP contribution >= 0.6 is 0 Å². The highest BCUT2D eigenvalue weighted by molar-refractivity contribution is 5.81. The normalized spacial score (nSPS) is 15.8. The minimum Gasteiger partial charge on any atom is -0.467 e. The van der Waals surface area contributed by atoms with E-state index >= 15 is 0 Å². The van der Waals surface area contributed by atoms with E-state index in [1.165, 1.54) is 7.11 Å². The third kappa shape index (κ3) is 6.68. The van der Waals surface area contributed by atoms with Gasteiger partial charge >= 0.3 is 12.1 Å². The number of esters is 1. The third-order valence-corrected chi connectivity index (χ3v) is 3.54. The molecule has 1 aliphatic rings. The Morgan fingerprint density at radius 1 is 1.38 bits per heavy atom. The van der Waals surface area contributed by atoms with Crippen LogP contribution in [-0.2, 0) is 14.3 Å². The highest BCUT2D eigenvalue weighted by Crippen LogP contribution is 2.21. The molecule has 1 N–H and O–H groups in total. The van der Waals surface area contributed by atoms with Crippen LogP contribution in [-0.4, -0.2) is 60.9 Å². The number of nitrogens with one attached hydrogen (secondary N) is 1. The number of amides is 1. The molecule has 1 heterocycles. The zero-order chi connectivity index (χ0) is 18.3. The second kappa shape index (κ2) is 8.80. The molecule has 7 nitrogen and oxygen atoms in total. The number of alkyl carbamates (subject to hydrolysis) is 1. The van der Waals surface area contributed by atoms with Crippen LogP contribution in [0.25, 0.3) is 0 Å². The summed E-state index contributed by atoms with van der Waals surface area (Å²) in [5, 5.41) is 2.62. The fourth-order valence-corrected chi connectivity index (χ4v) is 2.48. The molecule has 0 unspecified atom stereocenters. The molecule has 1 aliphatic heterocycles. The zero-order valence-corrected chi connectivity index (χ0v) is 15.7. The highest BCUT2D eigenvalue weighted by atomic mass is 16.6. The van der Waals surface area contributed by atoms with Crippen molar-refractivity contribution in [1.29, 1.82) is 0 Å². The predicted octanol–water partition coefficient (Wildman–Crippen LogP) is 2.29. The molecule has 0 saturated heterocycles. The summed E-state index contributed by atoms with van der Waals surface area (Å²) in [5.74, 6) is -0.480. The van der Waals surface area contributed by atoms with Gasteiger partial charge < -0.3 is 24.6 Å². The maximum Gasteiger partial charge on any atom is 0.408 e. The fraction of sp³-hybridized carbons (Fsp3) is 0.765. The monoisotopic (exact) mass is 341 g/mol. The van der Waals surface area contributed by atoms with E-state index in [2.05, 4.69) is 22.0 Å². The van der Waals surface area contributed by atoms with E-state index in [1.807, 2.05) is 13.2 Å². The molecule has 138 valence electrons. The van der Waals surface area contributed by atoms with Crippen LogP contribution < -0.4 is 5.32 Å². The third-order valence-electron chi connectivity index (χ3n) is 3.54. The molecule has 7 heteroatoms. The Bertz CT molecular complexity index is 471. The summed E-state index contributed by atoms with van der Waals surface area (Å²) in [5.41, 5.74) is 0.391. The average molecular weight is 341 g/mol. The van der Waals surface area contributed by atoms with Crippen molar-refractivity contribution in [2.24, 2.45) is 0 Å². The predicted molar refractivity (Wildman–Crippen MR) is 92.1 cm³/mol. The first-order valence-corrected chi connectivity index (χ1v) is 8.39. The Balaban J connectivity index is 2.76. The molecule has 0 spiro atoms. The van der Waals surface area contributed by atoms with Gasteiger partial charge in [-0.15, -0.1) is 0 Å². The van der Waals surface area contributed by atoms with Gasteiger partial charge in [0.25, 0.3) is 0 Å². The molecule has 0 bridgehead atoms. The summed E-state index contributed by atoms with van der Waals surface area (Å²) >= 11 is 0. The van der Waals surface area contributed by atoms with E-state index in [4.69, 9.17) is 9.47 Å². The number of rotatable bonds is 7. The van der Waals surface area contributed by atoms with Crippen molar-refractivity contribution in [3.05, 3.63) is 11.9 Å². The topological polar surface area (TPSA) is 71.1 Å². The molecule has 1 atom stereocenters. The lowest BCUT2D eigenvalue weighted by atomic mass is 10.1. The Labute approximate surface area is 145 Å². The van der Waals surface area contributed by atoms with Gasteiger partial charge in [0.05, 0.1) is 13.8 Å². The van der Waals surface area contributed by atoms with Gasteiger partial charge in [-0.2, -0.15) is 0 Å². The molecule has 0 fully saturated rings. The smallest absolute Gasteiger partial charge is 0.408 e. The Morgan fingerprint density at radius 3 is 2.58 bits per heavy atom. The molecule has 0 radical (unpaired) electrons. The van der Waals surface area contributed by atoms with Crippen LogP contribution in [0.5, 0.6) is 0 Å². The molecule has 24 heavy (non-hydrogen) atoms. The molecule has 0 aromatic rings. The van der Waals surface area contributed by atoms with E-state index in [1.54, 1.807) is 20.8 Å². The second-order valence-electron chi connectivity index (χ2n) is 7.06. The molecule has 1 amide bonds. The number of unbranched alkanes of at least 4 members (excludes halogenated alkanes) is 1. The first-order valence-electron chi connectivity index (χ1n) is 8.39. The largest absolute Gasteiger partial charge is 0.467 e. The van der Waals surface area contributed by atoms with Crippen LogP contribution in [0.15, 0.2) is 11.9 Å². The lowest BCUT2D eigenvalue weighted by molar-refractivity contribution is -0.143. The number of hydrogen-bond donors (Lipinski definition) is 1. The van der Waals surface area contributed by atoms with Gasteiger partial charge in [-0.05, 0) is 27.2 Å². The van der Waals surface area contributed by atoms with Crippen LogP contribution in [0.3, 0.4) is 0 Å². The van der Waals surface area contributed by atoms with Gasteiger partial charge in [0.2, 0.25) is 0 Å². The maximum atomic E-state index is 12.1. The van der Waals surface area contributed by atoms with Gasteiger partial charge in [0.1, 0.15) is 11.6 Å². The molecule has 1 rings (SSSR count). The number of hydrogen-bond acceptors (Lipinski definition) is 6. The lowest BCUT2D eigenvalue weighted by Crippen LogP contribution is -2.45. The number of methoxy groups -OCH3 is 1. The first-order chi connectivity index (χ1) is 11.2. The van der Waals surface area contributed by atoms with Crippen LogP contribution in [0.4, 0.5) is 4.79 Å². The molecule has 0 aromatic carbocycles. The number of ether oxygens (including phenoxy) is 2. The van der Waals surface area contributed by atoms with Crippen molar-refractivity contribution < 1.29 is 19.1 Å². The Hall–Kier alpha value is -1.92. The second-order valence-corrected chi connectivity index (χ2v) is 7.06. The highest BCUT2D eigenvalue weighted by Gasteiger charge is 2.29. The zero-order valence-electron chi connectivity index (χ0n) is 15.7. The Morgan fingerprint density at radius 2 is 2.04 bits per heavy atom. The van der Waals surface area contributed by atoms with Crippen molar-refractivity contribution in [2.75, 3.05) is 27.4 Å². The van der Waals surface area contributed by atoms with Crippen molar-refractivity contribution in [2.45, 2.75) is 58.6 Å². The van der Waals surface area contributed by atoms with Crippen LogP contribution in [0, 0.1) is 0 Å². The van der Waals surface area contributed by atoms with Gasteiger partial charge in [-0.3, -0.25) is 0 Å². The minimum atomic E-state index is -0.772.